The molecule has 3 heteroatoms. The monoisotopic (exact) mass is 284 g/mol. The van der Waals surface area contributed by atoms with Crippen molar-refractivity contribution in [3.8, 4) is 5.75 Å². The fourth-order valence-corrected chi connectivity index (χ4v) is 2.50. The normalized spacial score (nSPS) is 14.1. The highest BCUT2D eigenvalue weighted by Crippen LogP contribution is 2.22. The van der Waals surface area contributed by atoms with Crippen LogP contribution in [0.4, 0.5) is 0 Å². The van der Waals surface area contributed by atoms with Crippen molar-refractivity contribution in [3.05, 3.63) is 65.7 Å². The molecule has 2 aromatic carbocycles. The van der Waals surface area contributed by atoms with Crippen LogP contribution in [0.2, 0.25) is 0 Å². The zero-order chi connectivity index (χ0) is 15.2. The number of rotatable bonds is 6. The molecule has 0 bridgehead atoms. The third kappa shape index (κ3) is 4.59. The van der Waals surface area contributed by atoms with E-state index in [2.05, 4.69) is 55.5 Å². The molecular weight excluding hydrogens is 260 g/mol. The van der Waals surface area contributed by atoms with Crippen LogP contribution in [-0.2, 0) is 0 Å². The van der Waals surface area contributed by atoms with Crippen molar-refractivity contribution in [3.63, 3.8) is 0 Å². The van der Waals surface area contributed by atoms with Gasteiger partial charge in [-0.2, -0.15) is 0 Å². The Hall–Kier alpha value is -1.84. The molecule has 0 saturated carbocycles. The van der Waals surface area contributed by atoms with Crippen molar-refractivity contribution >= 4 is 0 Å². The van der Waals surface area contributed by atoms with Gasteiger partial charge in [-0.1, -0.05) is 42.5 Å². The summed E-state index contributed by atoms with van der Waals surface area (Å²) in [6.07, 6.45) is 0. The second kappa shape index (κ2) is 7.25. The van der Waals surface area contributed by atoms with Gasteiger partial charge in [0.15, 0.2) is 0 Å². The van der Waals surface area contributed by atoms with E-state index in [-0.39, 0.29) is 12.1 Å². The van der Waals surface area contributed by atoms with Gasteiger partial charge in [-0.05, 0) is 44.3 Å². The third-order valence-corrected chi connectivity index (χ3v) is 3.57. The number of phenolic OH excluding ortho intramolecular Hbond substituents is 1. The van der Waals surface area contributed by atoms with E-state index >= 15 is 0 Å². The zero-order valence-corrected chi connectivity index (χ0v) is 13.0. The summed E-state index contributed by atoms with van der Waals surface area (Å²) in [5.74, 6) is 0.310. The van der Waals surface area contributed by atoms with Crippen LogP contribution in [0.5, 0.6) is 5.75 Å². The first-order valence-corrected chi connectivity index (χ1v) is 7.31. The maximum Gasteiger partial charge on any atom is 0.115 e. The van der Waals surface area contributed by atoms with Gasteiger partial charge in [-0.25, -0.2) is 0 Å². The van der Waals surface area contributed by atoms with Gasteiger partial charge < -0.3 is 15.3 Å². The Morgan fingerprint density at radius 2 is 1.67 bits per heavy atom. The Labute approximate surface area is 127 Å². The number of likely N-dealkylation sites (N-methyl/N-ethyl adjacent to an activating group) is 1. The quantitative estimate of drug-likeness (QED) is 0.854. The van der Waals surface area contributed by atoms with E-state index < -0.39 is 0 Å². The van der Waals surface area contributed by atoms with Gasteiger partial charge >= 0.3 is 0 Å². The van der Waals surface area contributed by atoms with Crippen molar-refractivity contribution < 1.29 is 5.11 Å². The van der Waals surface area contributed by atoms with E-state index in [1.165, 1.54) is 5.56 Å². The van der Waals surface area contributed by atoms with E-state index in [0.717, 1.165) is 12.1 Å². The Balaban J connectivity index is 2.15. The first-order valence-electron chi connectivity index (χ1n) is 7.31. The van der Waals surface area contributed by atoms with Gasteiger partial charge in [-0.15, -0.1) is 0 Å². The summed E-state index contributed by atoms with van der Waals surface area (Å²) in [4.78, 5) is 2.18. The number of hydrogen-bond acceptors (Lipinski definition) is 3. The molecule has 0 fully saturated rings. The molecule has 2 unspecified atom stereocenters. The standard InChI is InChI=1S/C18H24N2O/c1-14(16-10-7-11-17(21)12-16)19-18(13-20(2)3)15-8-5-4-6-9-15/h4-12,14,18-19,21H,13H2,1-3H3. The average Bonchev–Trinajstić information content (AvgIpc) is 2.47. The molecule has 2 atom stereocenters. The summed E-state index contributed by atoms with van der Waals surface area (Å²) in [6.45, 7) is 3.05. The minimum Gasteiger partial charge on any atom is -0.508 e. The van der Waals surface area contributed by atoms with Crippen molar-refractivity contribution in [2.75, 3.05) is 20.6 Å². The number of aromatic hydroxyl groups is 1. The molecule has 21 heavy (non-hydrogen) atoms. The number of nitrogens with zero attached hydrogens (tertiary/aromatic N) is 1. The Morgan fingerprint density at radius 3 is 2.29 bits per heavy atom. The molecule has 0 aliphatic heterocycles. The number of nitrogens with one attached hydrogen (secondary N) is 1. The predicted molar refractivity (Wildman–Crippen MR) is 87.4 cm³/mol. The fraction of sp³-hybridized carbons (Fsp3) is 0.333. The minimum atomic E-state index is 0.169. The van der Waals surface area contributed by atoms with Crippen LogP contribution >= 0.6 is 0 Å². The summed E-state index contributed by atoms with van der Waals surface area (Å²) in [5, 5.41) is 13.3. The fourth-order valence-electron chi connectivity index (χ4n) is 2.50. The van der Waals surface area contributed by atoms with Gasteiger partial charge in [0.25, 0.3) is 0 Å². The molecule has 2 N–H and O–H groups in total. The maximum atomic E-state index is 9.62. The third-order valence-electron chi connectivity index (χ3n) is 3.57. The highest BCUT2D eigenvalue weighted by atomic mass is 16.3. The average molecular weight is 284 g/mol. The Kier molecular flexibility index (Phi) is 5.37. The van der Waals surface area contributed by atoms with Gasteiger partial charge in [0.1, 0.15) is 5.75 Å². The highest BCUT2D eigenvalue weighted by Gasteiger charge is 2.16. The molecule has 2 aromatic rings. The van der Waals surface area contributed by atoms with Gasteiger partial charge in [0.2, 0.25) is 0 Å². The number of hydrogen-bond donors (Lipinski definition) is 2. The predicted octanol–water partition coefficient (Wildman–Crippen LogP) is 3.35. The molecule has 3 nitrogen and oxygen atoms in total. The first-order chi connectivity index (χ1) is 10.1. The molecule has 0 aliphatic carbocycles. The maximum absolute atomic E-state index is 9.62. The molecule has 0 aromatic heterocycles. The SMILES string of the molecule is CC(NC(CN(C)C)c1ccccc1)c1cccc(O)c1. The second-order valence-electron chi connectivity index (χ2n) is 5.71. The molecule has 0 saturated heterocycles. The van der Waals surface area contributed by atoms with Crippen molar-refractivity contribution in [1.29, 1.82) is 0 Å². The first kappa shape index (κ1) is 15.5. The largest absolute Gasteiger partial charge is 0.508 e. The zero-order valence-electron chi connectivity index (χ0n) is 13.0. The van der Waals surface area contributed by atoms with E-state index in [0.29, 0.717) is 5.75 Å². The van der Waals surface area contributed by atoms with Gasteiger partial charge in [-0.3, -0.25) is 0 Å². The second-order valence-corrected chi connectivity index (χ2v) is 5.71. The van der Waals surface area contributed by atoms with Gasteiger partial charge in [0.05, 0.1) is 0 Å². The molecular formula is C18H24N2O. The van der Waals surface area contributed by atoms with Crippen LogP contribution in [0.25, 0.3) is 0 Å². The molecule has 0 heterocycles. The lowest BCUT2D eigenvalue weighted by Crippen LogP contribution is -2.32. The van der Waals surface area contributed by atoms with Crippen molar-refractivity contribution in [2.45, 2.75) is 19.0 Å². The molecule has 0 aliphatic rings. The van der Waals surface area contributed by atoms with E-state index in [1.807, 2.05) is 24.3 Å². The highest BCUT2D eigenvalue weighted by molar-refractivity contribution is 5.29. The number of benzene rings is 2. The van der Waals surface area contributed by atoms with Crippen LogP contribution in [0.1, 0.15) is 30.1 Å². The van der Waals surface area contributed by atoms with Crippen molar-refractivity contribution in [2.24, 2.45) is 0 Å². The molecule has 0 radical (unpaired) electrons. The molecule has 0 amide bonds. The lowest BCUT2D eigenvalue weighted by atomic mass is 10.0. The molecule has 0 spiro atoms. The minimum absolute atomic E-state index is 0.169. The van der Waals surface area contributed by atoms with Crippen molar-refractivity contribution in [1.82, 2.24) is 10.2 Å². The van der Waals surface area contributed by atoms with Crippen LogP contribution in [0.15, 0.2) is 54.6 Å². The smallest absolute Gasteiger partial charge is 0.115 e. The molecule has 2 rings (SSSR count). The molecule has 112 valence electrons. The summed E-state index contributed by atoms with van der Waals surface area (Å²) in [7, 11) is 4.16. The summed E-state index contributed by atoms with van der Waals surface area (Å²) in [5.41, 5.74) is 2.37. The van der Waals surface area contributed by atoms with E-state index in [4.69, 9.17) is 0 Å². The topological polar surface area (TPSA) is 35.5 Å². The summed E-state index contributed by atoms with van der Waals surface area (Å²) >= 11 is 0. The Morgan fingerprint density at radius 1 is 1.00 bits per heavy atom. The Bertz CT molecular complexity index is 554. The lowest BCUT2D eigenvalue weighted by Gasteiger charge is -2.27. The number of phenols is 1. The van der Waals surface area contributed by atoms with E-state index in [9.17, 15) is 5.11 Å². The van der Waals surface area contributed by atoms with Crippen LogP contribution < -0.4 is 5.32 Å². The van der Waals surface area contributed by atoms with Gasteiger partial charge in [0, 0.05) is 18.6 Å². The van der Waals surface area contributed by atoms with Crippen LogP contribution in [-0.4, -0.2) is 30.6 Å². The lowest BCUT2D eigenvalue weighted by molar-refractivity contribution is 0.325. The van der Waals surface area contributed by atoms with Crippen LogP contribution in [0.3, 0.4) is 0 Å². The van der Waals surface area contributed by atoms with E-state index in [1.54, 1.807) is 6.07 Å². The summed E-state index contributed by atoms with van der Waals surface area (Å²) in [6, 6.07) is 18.3. The summed E-state index contributed by atoms with van der Waals surface area (Å²) < 4.78 is 0. The van der Waals surface area contributed by atoms with Crippen LogP contribution in [0, 0.1) is 0 Å².